The molecule has 1 aromatic rings. The summed E-state index contributed by atoms with van der Waals surface area (Å²) >= 11 is 0. The van der Waals surface area contributed by atoms with Crippen molar-refractivity contribution in [2.75, 3.05) is 0 Å². The molecule has 5 nitrogen and oxygen atoms in total. The van der Waals surface area contributed by atoms with Crippen molar-refractivity contribution in [3.05, 3.63) is 33.6 Å². The lowest BCUT2D eigenvalue weighted by Crippen LogP contribution is -2.02. The van der Waals surface area contributed by atoms with E-state index in [0.29, 0.717) is 0 Å². The Labute approximate surface area is 97.4 Å². The van der Waals surface area contributed by atoms with E-state index in [9.17, 15) is 31.7 Å². The summed E-state index contributed by atoms with van der Waals surface area (Å²) in [5.74, 6) is -1.57. The number of hydrogen-bond donors (Lipinski definition) is 0. The molecule has 0 N–H and O–H groups in total. The monoisotopic (exact) mass is 289 g/mol. The zero-order valence-corrected chi connectivity index (χ0v) is 9.30. The predicted molar refractivity (Wildman–Crippen MR) is 51.1 cm³/mol. The summed E-state index contributed by atoms with van der Waals surface area (Å²) in [7, 11) is 0.210. The van der Waals surface area contributed by atoms with Gasteiger partial charge < -0.3 is 0 Å². The minimum atomic E-state index is -4.58. The zero-order chi connectivity index (χ0) is 13.4. The predicted octanol–water partition coefficient (Wildman–Crippen LogP) is 2.60. The van der Waals surface area contributed by atoms with Gasteiger partial charge in [-0.05, 0) is 6.07 Å². The minimum absolute atomic E-state index is 0.0814. The lowest BCUT2D eigenvalue weighted by atomic mass is 10.2. The molecule has 0 heterocycles. The quantitative estimate of drug-likeness (QED) is 0.487. The van der Waals surface area contributed by atoms with Crippen LogP contribution in [0.1, 0.15) is 12.0 Å². The van der Waals surface area contributed by atoms with E-state index in [1.54, 1.807) is 0 Å². The van der Waals surface area contributed by atoms with Crippen LogP contribution < -0.4 is 0 Å². The Bertz CT molecular complexity index is 575. The molecule has 0 amide bonds. The van der Waals surface area contributed by atoms with Gasteiger partial charge in [0, 0.05) is 16.7 Å². The van der Waals surface area contributed by atoms with Gasteiger partial charge in [-0.3, -0.25) is 10.1 Å². The Balaban J connectivity index is 3.63. The highest BCUT2D eigenvalue weighted by Gasteiger charge is 2.28. The summed E-state index contributed by atoms with van der Waals surface area (Å²) in [4.78, 5) is 7.97. The van der Waals surface area contributed by atoms with Crippen LogP contribution in [0.3, 0.4) is 0 Å². The smallest absolute Gasteiger partial charge is 0.258 e. The fourth-order valence-electron chi connectivity index (χ4n) is 1.08. The number of benzene rings is 1. The molecule has 0 saturated heterocycles. The number of nitrogens with zero attached hydrogens (tertiary/aromatic N) is 1. The van der Waals surface area contributed by atoms with Crippen molar-refractivity contribution < 1.29 is 26.5 Å². The standard InChI is InChI=1S/C7H3ClF3NO4S/c8-17(15,16)6-2-5(12(13)14)3(7(10)11)1-4(6)9/h1-2,7H. The molecular formula is C7H3ClF3NO4S. The van der Waals surface area contributed by atoms with Gasteiger partial charge in [-0.25, -0.2) is 21.6 Å². The van der Waals surface area contributed by atoms with Crippen LogP contribution in [-0.2, 0) is 9.05 Å². The Hall–Kier alpha value is -1.35. The fourth-order valence-corrected chi connectivity index (χ4v) is 1.98. The molecule has 17 heavy (non-hydrogen) atoms. The van der Waals surface area contributed by atoms with Crippen molar-refractivity contribution in [3.63, 3.8) is 0 Å². The Kier molecular flexibility index (Phi) is 3.62. The first-order valence-corrected chi connectivity index (χ1v) is 6.16. The van der Waals surface area contributed by atoms with Gasteiger partial charge in [0.05, 0.1) is 10.5 Å². The van der Waals surface area contributed by atoms with Gasteiger partial charge in [0.2, 0.25) is 0 Å². The topological polar surface area (TPSA) is 77.3 Å². The maximum Gasteiger partial charge on any atom is 0.279 e. The van der Waals surface area contributed by atoms with E-state index in [1.165, 1.54) is 0 Å². The molecule has 0 bridgehead atoms. The van der Waals surface area contributed by atoms with E-state index in [2.05, 4.69) is 0 Å². The first-order valence-electron chi connectivity index (χ1n) is 3.85. The van der Waals surface area contributed by atoms with Gasteiger partial charge in [-0.2, -0.15) is 0 Å². The zero-order valence-electron chi connectivity index (χ0n) is 7.73. The third-order valence-corrected chi connectivity index (χ3v) is 3.11. The molecule has 0 fully saturated rings. The molecule has 0 saturated carbocycles. The summed E-state index contributed by atoms with van der Waals surface area (Å²) in [5, 5.41) is 10.4. The molecule has 0 spiro atoms. The first-order chi connectivity index (χ1) is 7.64. The van der Waals surface area contributed by atoms with Crippen LogP contribution in [0.4, 0.5) is 18.9 Å². The van der Waals surface area contributed by atoms with Crippen molar-refractivity contribution in [1.82, 2.24) is 0 Å². The lowest BCUT2D eigenvalue weighted by Gasteiger charge is -2.04. The van der Waals surface area contributed by atoms with Gasteiger partial charge in [0.15, 0.2) is 0 Å². The highest BCUT2D eigenvalue weighted by atomic mass is 35.7. The average molecular weight is 290 g/mol. The number of alkyl halides is 2. The molecule has 0 radical (unpaired) electrons. The van der Waals surface area contributed by atoms with Gasteiger partial charge in [-0.15, -0.1) is 0 Å². The number of rotatable bonds is 3. The molecule has 0 aliphatic heterocycles. The van der Waals surface area contributed by atoms with Crippen LogP contribution in [0.15, 0.2) is 17.0 Å². The highest BCUT2D eigenvalue weighted by Crippen LogP contribution is 2.33. The van der Waals surface area contributed by atoms with E-state index in [1.807, 2.05) is 0 Å². The molecule has 0 unspecified atom stereocenters. The van der Waals surface area contributed by atoms with E-state index in [4.69, 9.17) is 10.7 Å². The van der Waals surface area contributed by atoms with E-state index >= 15 is 0 Å². The largest absolute Gasteiger partial charge is 0.279 e. The summed E-state index contributed by atoms with van der Waals surface area (Å²) in [6, 6.07) is 0.247. The summed E-state index contributed by atoms with van der Waals surface area (Å²) in [6.45, 7) is 0. The van der Waals surface area contributed by atoms with Gasteiger partial charge in [0.1, 0.15) is 10.7 Å². The lowest BCUT2D eigenvalue weighted by molar-refractivity contribution is -0.386. The summed E-state index contributed by atoms with van der Waals surface area (Å²) in [5.41, 5.74) is -2.42. The second-order valence-corrected chi connectivity index (χ2v) is 5.37. The van der Waals surface area contributed by atoms with Crippen molar-refractivity contribution in [3.8, 4) is 0 Å². The molecule has 0 atom stereocenters. The highest BCUT2D eigenvalue weighted by molar-refractivity contribution is 8.13. The first kappa shape index (κ1) is 13.7. The van der Waals surface area contributed by atoms with E-state index in [-0.39, 0.29) is 12.1 Å². The third kappa shape index (κ3) is 2.86. The number of nitro benzene ring substituents is 1. The van der Waals surface area contributed by atoms with Crippen molar-refractivity contribution in [1.29, 1.82) is 0 Å². The molecule has 0 aromatic heterocycles. The van der Waals surface area contributed by atoms with Crippen LogP contribution in [0.25, 0.3) is 0 Å². The van der Waals surface area contributed by atoms with Crippen LogP contribution in [0.2, 0.25) is 0 Å². The maximum absolute atomic E-state index is 13.1. The molecule has 1 aromatic carbocycles. The molecule has 0 aliphatic rings. The molecular weight excluding hydrogens is 287 g/mol. The van der Waals surface area contributed by atoms with E-state index < -0.39 is 42.4 Å². The van der Waals surface area contributed by atoms with Crippen LogP contribution in [0, 0.1) is 15.9 Å². The van der Waals surface area contributed by atoms with Crippen molar-refractivity contribution >= 4 is 25.4 Å². The number of hydrogen-bond acceptors (Lipinski definition) is 4. The molecule has 1 rings (SSSR count). The van der Waals surface area contributed by atoms with Crippen LogP contribution in [0.5, 0.6) is 0 Å². The van der Waals surface area contributed by atoms with Crippen molar-refractivity contribution in [2.24, 2.45) is 0 Å². The normalized spacial score (nSPS) is 11.8. The Morgan fingerprint density at radius 2 is 1.88 bits per heavy atom. The van der Waals surface area contributed by atoms with Crippen LogP contribution in [-0.4, -0.2) is 13.3 Å². The number of halogens is 4. The SMILES string of the molecule is O=[N+]([O-])c1cc(S(=O)(=O)Cl)c(F)cc1C(F)F. The maximum atomic E-state index is 13.1. The molecule has 94 valence electrons. The second-order valence-electron chi connectivity index (χ2n) is 2.84. The number of nitro groups is 1. The summed E-state index contributed by atoms with van der Waals surface area (Å²) < 4.78 is 59.5. The fraction of sp³-hybridized carbons (Fsp3) is 0.143. The van der Waals surface area contributed by atoms with Crippen LogP contribution >= 0.6 is 10.7 Å². The molecule has 10 heteroatoms. The Morgan fingerprint density at radius 3 is 2.24 bits per heavy atom. The Morgan fingerprint density at radius 1 is 1.35 bits per heavy atom. The third-order valence-electron chi connectivity index (χ3n) is 1.78. The average Bonchev–Trinajstić information content (AvgIpc) is 2.14. The minimum Gasteiger partial charge on any atom is -0.258 e. The second kappa shape index (κ2) is 4.49. The van der Waals surface area contributed by atoms with Gasteiger partial charge in [0.25, 0.3) is 21.2 Å². The van der Waals surface area contributed by atoms with Gasteiger partial charge >= 0.3 is 0 Å². The molecule has 0 aliphatic carbocycles. The summed E-state index contributed by atoms with van der Waals surface area (Å²) in [6.07, 6.45) is -3.31. The van der Waals surface area contributed by atoms with Gasteiger partial charge in [-0.1, -0.05) is 0 Å². The van der Waals surface area contributed by atoms with Crippen molar-refractivity contribution in [2.45, 2.75) is 11.3 Å². The van der Waals surface area contributed by atoms with E-state index in [0.717, 1.165) is 0 Å².